The second-order valence-electron chi connectivity index (χ2n) is 2.23. The summed E-state index contributed by atoms with van der Waals surface area (Å²) in [5, 5.41) is 0. The predicted octanol–water partition coefficient (Wildman–Crippen LogP) is -0.451. The van der Waals surface area contributed by atoms with Gasteiger partial charge in [-0.2, -0.15) is 8.42 Å². The van der Waals surface area contributed by atoms with Gasteiger partial charge in [0.2, 0.25) is 0 Å². The van der Waals surface area contributed by atoms with Gasteiger partial charge >= 0.3 is 15.5 Å². The summed E-state index contributed by atoms with van der Waals surface area (Å²) in [6.45, 7) is 5.77. The summed E-state index contributed by atoms with van der Waals surface area (Å²) in [6, 6.07) is 0. The fourth-order valence-electron chi connectivity index (χ4n) is 0.605. The molecule has 0 heterocycles. The Kier molecular flexibility index (Phi) is 4.69. The van der Waals surface area contributed by atoms with E-state index in [4.69, 9.17) is 0 Å². The first kappa shape index (κ1) is 13.8. The average molecular weight is 251 g/mol. The van der Waals surface area contributed by atoms with Crippen molar-refractivity contribution in [3.05, 3.63) is 31.1 Å². The van der Waals surface area contributed by atoms with Crippen LogP contribution < -0.4 is 0 Å². The molecule has 0 aliphatic heterocycles. The Morgan fingerprint density at radius 2 is 1.73 bits per heavy atom. The van der Waals surface area contributed by atoms with Crippen LogP contribution >= 0.6 is 0 Å². The molecule has 0 atom stereocenters. The van der Waals surface area contributed by atoms with Crippen molar-refractivity contribution >= 4 is 24.3 Å². The highest BCUT2D eigenvalue weighted by Gasteiger charge is 2.34. The second kappa shape index (κ2) is 5.08. The second-order valence-corrected chi connectivity index (χ2v) is 7.44. The zero-order valence-corrected chi connectivity index (χ0v) is 9.29. The highest BCUT2D eigenvalue weighted by atomic mass is 33.2. The lowest BCUT2D eigenvalue weighted by molar-refractivity contribution is 0.490. The van der Waals surface area contributed by atoms with E-state index in [1.54, 1.807) is 0 Å². The Balaban J connectivity index is 5.38. The van der Waals surface area contributed by atoms with Crippen LogP contribution in [0.5, 0.6) is 0 Å². The first-order chi connectivity index (χ1) is 6.83. The summed E-state index contributed by atoms with van der Waals surface area (Å²) in [5.74, 6) is 0.385. The zero-order chi connectivity index (χ0) is 12.1. The van der Waals surface area contributed by atoms with Crippen molar-refractivity contribution in [3.63, 3.8) is 0 Å². The Hall–Kier alpha value is -1.15. The molecule has 0 fully saturated rings. The molecule has 8 heteroatoms. The van der Waals surface area contributed by atoms with Crippen molar-refractivity contribution in [2.45, 2.75) is 0 Å². The number of rotatable bonds is 7. The maximum atomic E-state index is 11.3. The van der Waals surface area contributed by atoms with Gasteiger partial charge < -0.3 is 0 Å². The normalized spacial score (nSPS) is 11.7. The number of nitrogens with zero attached hydrogens (tertiary/aromatic N) is 1. The molecule has 0 saturated heterocycles. The van der Waals surface area contributed by atoms with Gasteiger partial charge in [-0.3, -0.25) is 4.79 Å². The molecule has 0 N–H and O–H groups in total. The topological polar surface area (TPSA) is 88.6 Å². The lowest BCUT2D eigenvalue weighted by atomic mass is 10.6. The van der Waals surface area contributed by atoms with Gasteiger partial charge in [0, 0.05) is 0 Å². The molecule has 1 amide bonds. The summed E-state index contributed by atoms with van der Waals surface area (Å²) in [6.07, 6.45) is 2.86. The number of amides is 1. The third-order valence-corrected chi connectivity index (χ3v) is 5.73. The third-order valence-electron chi connectivity index (χ3n) is 1.22. The standard InChI is InChI=1S/C7H9NO5S2/c1-3-5-8(7-9)15(12,13)14(10,11)6-4-2/h3-4,6H,1-2,5H2. The molecule has 0 aliphatic rings. The van der Waals surface area contributed by atoms with E-state index < -0.39 is 24.5 Å². The van der Waals surface area contributed by atoms with E-state index in [0.717, 1.165) is 18.6 Å². The van der Waals surface area contributed by atoms with Crippen molar-refractivity contribution in [2.75, 3.05) is 6.54 Å². The summed E-state index contributed by atoms with van der Waals surface area (Å²) >= 11 is 0. The maximum absolute atomic E-state index is 11.3. The molecule has 84 valence electrons. The van der Waals surface area contributed by atoms with E-state index in [9.17, 15) is 21.6 Å². The Bertz CT molecular complexity index is 448. The van der Waals surface area contributed by atoms with Crippen LogP contribution in [0.3, 0.4) is 0 Å². The minimum absolute atomic E-state index is 0.00926. The Morgan fingerprint density at radius 1 is 1.20 bits per heavy atom. The van der Waals surface area contributed by atoms with Gasteiger partial charge in [-0.15, -0.1) is 13.2 Å². The lowest BCUT2D eigenvalue weighted by Crippen LogP contribution is -2.35. The fraction of sp³-hybridized carbons (Fsp3) is 0.143. The molecule has 2 radical (unpaired) electrons. The van der Waals surface area contributed by atoms with Gasteiger partial charge in [0.25, 0.3) is 8.87 Å². The Labute approximate surface area is 88.3 Å². The number of hydrogen-bond acceptors (Lipinski definition) is 5. The van der Waals surface area contributed by atoms with Gasteiger partial charge in [0.05, 0.1) is 6.54 Å². The molecule has 15 heavy (non-hydrogen) atoms. The molecule has 6 nitrogen and oxygen atoms in total. The minimum Gasteiger partial charge on any atom is -0.262 e. The quantitative estimate of drug-likeness (QED) is 0.347. The SMILES string of the molecule is C=C[CH]S(=O)(=O)S(=O)(=O)N([C]=O)CC=C. The highest BCUT2D eigenvalue weighted by Crippen LogP contribution is 2.12. The van der Waals surface area contributed by atoms with Crippen LogP contribution in [0.25, 0.3) is 0 Å². The fourth-order valence-corrected chi connectivity index (χ4v) is 3.29. The molecule has 0 bridgehead atoms. The molecule has 0 aliphatic carbocycles. The van der Waals surface area contributed by atoms with Crippen molar-refractivity contribution in [2.24, 2.45) is 0 Å². The molecule has 0 rings (SSSR count). The summed E-state index contributed by atoms with van der Waals surface area (Å²) in [7, 11) is -9.39. The van der Waals surface area contributed by atoms with Gasteiger partial charge in [-0.25, -0.2) is 12.7 Å². The van der Waals surface area contributed by atoms with E-state index >= 15 is 0 Å². The Morgan fingerprint density at radius 3 is 2.07 bits per heavy atom. The van der Waals surface area contributed by atoms with Crippen molar-refractivity contribution in [1.82, 2.24) is 4.31 Å². The molecule has 0 saturated carbocycles. The largest absolute Gasteiger partial charge is 0.345 e. The predicted molar refractivity (Wildman–Crippen MR) is 54.9 cm³/mol. The van der Waals surface area contributed by atoms with Gasteiger partial charge in [0.1, 0.15) is 5.75 Å². The van der Waals surface area contributed by atoms with Crippen molar-refractivity contribution in [3.8, 4) is 0 Å². The molecule has 0 spiro atoms. The van der Waals surface area contributed by atoms with Crippen LogP contribution in [0.4, 0.5) is 0 Å². The average Bonchev–Trinajstić information content (AvgIpc) is 2.13. The van der Waals surface area contributed by atoms with Crippen LogP contribution in [-0.2, 0) is 22.7 Å². The molecule has 0 unspecified atom stereocenters. The van der Waals surface area contributed by atoms with Crippen LogP contribution in [0, 0.1) is 5.75 Å². The molecule has 0 aromatic rings. The first-order valence-electron chi connectivity index (χ1n) is 3.55. The molecular formula is C7H9NO5S2. The molecule has 0 aromatic carbocycles. The number of carbonyl (C=O) groups excluding carboxylic acids is 1. The lowest BCUT2D eigenvalue weighted by Gasteiger charge is -2.13. The minimum atomic E-state index is -4.79. The summed E-state index contributed by atoms with van der Waals surface area (Å²) in [4.78, 5) is 10.3. The number of hydrogen-bond donors (Lipinski definition) is 0. The molecule has 0 aromatic heterocycles. The van der Waals surface area contributed by atoms with Crippen molar-refractivity contribution < 1.29 is 21.6 Å². The van der Waals surface area contributed by atoms with Gasteiger partial charge in [-0.05, 0) is 0 Å². The van der Waals surface area contributed by atoms with E-state index in [0.29, 0.717) is 5.75 Å². The zero-order valence-electron chi connectivity index (χ0n) is 7.66. The summed E-state index contributed by atoms with van der Waals surface area (Å²) < 4.78 is 44.9. The van der Waals surface area contributed by atoms with Crippen LogP contribution in [0.2, 0.25) is 0 Å². The van der Waals surface area contributed by atoms with E-state index in [1.165, 1.54) is 0 Å². The summed E-state index contributed by atoms with van der Waals surface area (Å²) in [5.41, 5.74) is 0. The van der Waals surface area contributed by atoms with Crippen LogP contribution in [-0.4, -0.2) is 34.1 Å². The van der Waals surface area contributed by atoms with Gasteiger partial charge in [0.15, 0.2) is 0 Å². The maximum Gasteiger partial charge on any atom is 0.345 e. The van der Waals surface area contributed by atoms with Crippen LogP contribution in [0.1, 0.15) is 0 Å². The molecular weight excluding hydrogens is 242 g/mol. The highest BCUT2D eigenvalue weighted by molar-refractivity contribution is 8.67. The smallest absolute Gasteiger partial charge is 0.262 e. The van der Waals surface area contributed by atoms with E-state index in [2.05, 4.69) is 13.2 Å². The monoisotopic (exact) mass is 251 g/mol. The first-order valence-corrected chi connectivity index (χ1v) is 7.06. The van der Waals surface area contributed by atoms with Gasteiger partial charge in [-0.1, -0.05) is 12.2 Å². The third kappa shape index (κ3) is 2.90. The van der Waals surface area contributed by atoms with Crippen molar-refractivity contribution in [1.29, 1.82) is 0 Å². The van der Waals surface area contributed by atoms with E-state index in [-0.39, 0.29) is 4.31 Å². The van der Waals surface area contributed by atoms with E-state index in [1.807, 2.05) is 0 Å². The van der Waals surface area contributed by atoms with Crippen LogP contribution in [0.15, 0.2) is 25.3 Å².